The number of carbonyl (C=O) groups is 2. The van der Waals surface area contributed by atoms with Gasteiger partial charge < -0.3 is 14.4 Å². The van der Waals surface area contributed by atoms with Crippen LogP contribution in [-0.2, 0) is 19.1 Å². The molecule has 0 N–H and O–H groups in total. The molecule has 1 aliphatic heterocycles. The topological polar surface area (TPSA) is 68.2 Å². The van der Waals surface area contributed by atoms with Crippen molar-refractivity contribution >= 4 is 41.2 Å². The molecule has 144 valence electrons. The van der Waals surface area contributed by atoms with Crippen molar-refractivity contribution in [1.29, 1.82) is 0 Å². The van der Waals surface area contributed by atoms with Crippen LogP contribution in [-0.4, -0.2) is 38.0 Å². The Morgan fingerprint density at radius 2 is 2.00 bits per heavy atom. The number of carbonyl (C=O) groups excluding carboxylic acids is 2. The van der Waals surface area contributed by atoms with Crippen molar-refractivity contribution in [3.63, 3.8) is 0 Å². The number of aliphatic imine (C=N–C) groups is 1. The first-order valence-corrected chi connectivity index (χ1v) is 9.03. The van der Waals surface area contributed by atoms with E-state index in [0.717, 1.165) is 11.3 Å². The predicted molar refractivity (Wildman–Crippen MR) is 108 cm³/mol. The van der Waals surface area contributed by atoms with Crippen molar-refractivity contribution in [2.24, 2.45) is 4.99 Å². The van der Waals surface area contributed by atoms with Gasteiger partial charge in [-0.1, -0.05) is 29.8 Å². The number of likely N-dealkylation sites (N-methyl/N-ethyl adjacent to an activating group) is 1. The second kappa shape index (κ2) is 8.71. The highest BCUT2D eigenvalue weighted by molar-refractivity contribution is 6.31. The molecule has 6 nitrogen and oxygen atoms in total. The highest BCUT2D eigenvalue weighted by atomic mass is 35.5. The zero-order chi connectivity index (χ0) is 20.1. The molecule has 0 aromatic heterocycles. The monoisotopic (exact) mass is 398 g/mol. The molecule has 0 aliphatic carbocycles. The van der Waals surface area contributed by atoms with E-state index in [4.69, 9.17) is 21.1 Å². The third-order valence-corrected chi connectivity index (χ3v) is 4.30. The van der Waals surface area contributed by atoms with E-state index in [1.54, 1.807) is 30.3 Å². The Labute approximate surface area is 168 Å². The maximum Gasteiger partial charge on any atom is 0.363 e. The van der Waals surface area contributed by atoms with Crippen molar-refractivity contribution in [3.05, 3.63) is 70.4 Å². The van der Waals surface area contributed by atoms with E-state index < -0.39 is 5.97 Å². The average molecular weight is 399 g/mol. The molecule has 0 spiro atoms. The number of cyclic esters (lactones) is 1. The molecule has 0 saturated heterocycles. The number of hydrogen-bond acceptors (Lipinski definition) is 6. The lowest BCUT2D eigenvalue weighted by Crippen LogP contribution is -2.23. The molecule has 0 fully saturated rings. The summed E-state index contributed by atoms with van der Waals surface area (Å²) in [5.41, 5.74) is 2.66. The molecule has 0 atom stereocenters. The molecule has 3 rings (SSSR count). The van der Waals surface area contributed by atoms with Crippen LogP contribution in [0, 0.1) is 0 Å². The fourth-order valence-corrected chi connectivity index (χ4v) is 2.78. The van der Waals surface area contributed by atoms with E-state index >= 15 is 0 Å². The van der Waals surface area contributed by atoms with Crippen molar-refractivity contribution in [3.8, 4) is 0 Å². The van der Waals surface area contributed by atoms with E-state index in [-0.39, 0.29) is 17.6 Å². The fraction of sp³-hybridized carbons (Fsp3) is 0.190. The third-order valence-electron chi connectivity index (χ3n) is 4.06. The lowest BCUT2D eigenvalue weighted by Gasteiger charge is -2.19. The molecule has 0 unspecified atom stereocenters. The third kappa shape index (κ3) is 4.98. The van der Waals surface area contributed by atoms with Gasteiger partial charge in [0.2, 0.25) is 5.90 Å². The predicted octanol–water partition coefficient (Wildman–Crippen LogP) is 3.68. The van der Waals surface area contributed by atoms with Crippen LogP contribution in [0.25, 0.3) is 6.08 Å². The Bertz CT molecular complexity index is 951. The lowest BCUT2D eigenvalue weighted by molar-refractivity contribution is -0.140. The first kappa shape index (κ1) is 19.6. The highest BCUT2D eigenvalue weighted by Crippen LogP contribution is 2.22. The van der Waals surface area contributed by atoms with E-state index in [0.29, 0.717) is 23.7 Å². The van der Waals surface area contributed by atoms with Crippen LogP contribution in [0.3, 0.4) is 0 Å². The largest absolute Gasteiger partial charge is 0.464 e. The molecule has 28 heavy (non-hydrogen) atoms. The van der Waals surface area contributed by atoms with Crippen LogP contribution in [0.5, 0.6) is 0 Å². The van der Waals surface area contributed by atoms with Gasteiger partial charge in [0.05, 0.1) is 6.54 Å². The summed E-state index contributed by atoms with van der Waals surface area (Å²) in [7, 11) is 1.91. The van der Waals surface area contributed by atoms with E-state index in [1.807, 2.05) is 36.2 Å². The van der Waals surface area contributed by atoms with Crippen LogP contribution in [0.15, 0.2) is 59.2 Å². The standard InChI is InChI=1S/C21H19ClN2O4/c1-14(25)27-11-10-24(2)18-8-6-15(7-9-18)12-19-21(26)28-20(23-19)16-4-3-5-17(22)13-16/h3-9,12-13H,10-11H2,1-2H3/b19-12-. The van der Waals surface area contributed by atoms with Crippen molar-refractivity contribution in [2.75, 3.05) is 25.1 Å². The number of ether oxygens (including phenoxy) is 2. The van der Waals surface area contributed by atoms with Gasteiger partial charge in [-0.25, -0.2) is 9.79 Å². The summed E-state index contributed by atoms with van der Waals surface area (Å²) in [5.74, 6) is -0.561. The molecule has 7 heteroatoms. The SMILES string of the molecule is CC(=O)OCCN(C)c1ccc(/C=C2\N=C(c3cccc(Cl)c3)OC2=O)cc1. The Morgan fingerprint density at radius 1 is 1.25 bits per heavy atom. The summed E-state index contributed by atoms with van der Waals surface area (Å²) in [5, 5.41) is 0.544. The average Bonchev–Trinajstić information content (AvgIpc) is 3.02. The van der Waals surface area contributed by atoms with Crippen LogP contribution >= 0.6 is 11.6 Å². The Hall–Kier alpha value is -3.12. The van der Waals surface area contributed by atoms with Gasteiger partial charge in [0, 0.05) is 30.2 Å². The van der Waals surface area contributed by atoms with E-state index in [1.165, 1.54) is 6.92 Å². The molecule has 2 aromatic carbocycles. The van der Waals surface area contributed by atoms with Gasteiger partial charge >= 0.3 is 11.9 Å². The van der Waals surface area contributed by atoms with Gasteiger partial charge in [-0.15, -0.1) is 0 Å². The Balaban J connectivity index is 1.71. The van der Waals surface area contributed by atoms with Crippen molar-refractivity contribution in [2.45, 2.75) is 6.92 Å². The van der Waals surface area contributed by atoms with Gasteiger partial charge in [-0.3, -0.25) is 4.79 Å². The summed E-state index contributed by atoms with van der Waals surface area (Å²) < 4.78 is 10.2. The first-order valence-electron chi connectivity index (χ1n) is 8.65. The van der Waals surface area contributed by atoms with Crippen LogP contribution in [0.4, 0.5) is 5.69 Å². The quantitative estimate of drug-likeness (QED) is 0.548. The number of anilines is 1. The molecule has 0 amide bonds. The van der Waals surface area contributed by atoms with E-state index in [9.17, 15) is 9.59 Å². The Kier molecular flexibility index (Phi) is 6.11. The normalized spacial score (nSPS) is 14.6. The number of halogens is 1. The van der Waals surface area contributed by atoms with Gasteiger partial charge in [0.15, 0.2) is 5.70 Å². The van der Waals surface area contributed by atoms with Crippen molar-refractivity contribution < 1.29 is 19.1 Å². The molecule has 0 radical (unpaired) electrons. The van der Waals surface area contributed by atoms with Crippen molar-refractivity contribution in [1.82, 2.24) is 0 Å². The molecule has 0 saturated carbocycles. The first-order chi connectivity index (χ1) is 13.4. The van der Waals surface area contributed by atoms with Gasteiger partial charge in [0.1, 0.15) is 6.61 Å². The number of benzene rings is 2. The van der Waals surface area contributed by atoms with Gasteiger partial charge in [-0.2, -0.15) is 0 Å². The second-order valence-corrected chi connectivity index (χ2v) is 6.64. The summed E-state index contributed by atoms with van der Waals surface area (Å²) in [6.07, 6.45) is 1.67. The lowest BCUT2D eigenvalue weighted by atomic mass is 10.1. The molecular formula is C21H19ClN2O4. The second-order valence-electron chi connectivity index (χ2n) is 6.20. The van der Waals surface area contributed by atoms with Crippen LogP contribution in [0.1, 0.15) is 18.1 Å². The maximum atomic E-state index is 12.1. The molecular weight excluding hydrogens is 380 g/mol. The zero-order valence-electron chi connectivity index (χ0n) is 15.5. The molecule has 1 aliphatic rings. The van der Waals surface area contributed by atoms with Crippen LogP contribution in [0.2, 0.25) is 5.02 Å². The highest BCUT2D eigenvalue weighted by Gasteiger charge is 2.24. The summed E-state index contributed by atoms with van der Waals surface area (Å²) in [6.45, 7) is 2.29. The Morgan fingerprint density at radius 3 is 2.68 bits per heavy atom. The zero-order valence-corrected chi connectivity index (χ0v) is 16.3. The summed E-state index contributed by atoms with van der Waals surface area (Å²) in [6, 6.07) is 14.6. The fourth-order valence-electron chi connectivity index (χ4n) is 2.59. The minimum absolute atomic E-state index is 0.228. The number of nitrogens with zero attached hydrogens (tertiary/aromatic N) is 2. The summed E-state index contributed by atoms with van der Waals surface area (Å²) in [4.78, 5) is 29.2. The maximum absolute atomic E-state index is 12.1. The molecule has 1 heterocycles. The molecule has 2 aromatic rings. The number of hydrogen-bond donors (Lipinski definition) is 0. The minimum Gasteiger partial charge on any atom is -0.464 e. The van der Waals surface area contributed by atoms with Crippen LogP contribution < -0.4 is 4.90 Å². The smallest absolute Gasteiger partial charge is 0.363 e. The van der Waals surface area contributed by atoms with E-state index in [2.05, 4.69) is 4.99 Å². The minimum atomic E-state index is -0.502. The molecule has 0 bridgehead atoms. The van der Waals surface area contributed by atoms with Gasteiger partial charge in [0.25, 0.3) is 0 Å². The van der Waals surface area contributed by atoms with Gasteiger partial charge in [-0.05, 0) is 42.0 Å². The number of rotatable bonds is 6. The number of esters is 2. The summed E-state index contributed by atoms with van der Waals surface area (Å²) >= 11 is 5.97.